The Labute approximate surface area is 111 Å². The molecule has 0 aromatic heterocycles. The lowest BCUT2D eigenvalue weighted by Gasteiger charge is -2.00. The van der Waals surface area contributed by atoms with Gasteiger partial charge in [-0.25, -0.2) is 5.43 Å². The molecular formula is C15H14N2O2. The molecule has 0 aliphatic carbocycles. The number of amides is 1. The Balaban J connectivity index is 1.85. The summed E-state index contributed by atoms with van der Waals surface area (Å²) < 4.78 is 0. The van der Waals surface area contributed by atoms with Gasteiger partial charge in [0.1, 0.15) is 5.75 Å². The van der Waals surface area contributed by atoms with Crippen molar-refractivity contribution >= 4 is 12.1 Å². The lowest BCUT2D eigenvalue weighted by Crippen LogP contribution is -2.19. The third kappa shape index (κ3) is 4.27. The number of nitrogens with one attached hydrogen (secondary N) is 1. The molecule has 4 nitrogen and oxygen atoms in total. The summed E-state index contributed by atoms with van der Waals surface area (Å²) >= 11 is 0. The third-order valence-corrected chi connectivity index (χ3v) is 2.50. The maximum Gasteiger partial charge on any atom is 0.244 e. The fourth-order valence-corrected chi connectivity index (χ4v) is 1.56. The van der Waals surface area contributed by atoms with E-state index in [1.54, 1.807) is 24.3 Å². The molecule has 0 unspecified atom stereocenters. The molecule has 0 aliphatic rings. The summed E-state index contributed by atoms with van der Waals surface area (Å²) in [5.74, 6) is 0.0338. The van der Waals surface area contributed by atoms with Crippen molar-refractivity contribution in [1.29, 1.82) is 0 Å². The second-order valence-electron chi connectivity index (χ2n) is 4.05. The summed E-state index contributed by atoms with van der Waals surface area (Å²) in [7, 11) is 0. The molecule has 19 heavy (non-hydrogen) atoms. The van der Waals surface area contributed by atoms with Crippen LogP contribution in [0, 0.1) is 0 Å². The van der Waals surface area contributed by atoms with Gasteiger partial charge in [0, 0.05) is 0 Å². The van der Waals surface area contributed by atoms with Crippen molar-refractivity contribution in [3.63, 3.8) is 0 Å². The summed E-state index contributed by atoms with van der Waals surface area (Å²) in [6.45, 7) is 0. The van der Waals surface area contributed by atoms with Gasteiger partial charge in [0.2, 0.25) is 5.91 Å². The average molecular weight is 254 g/mol. The number of hydrogen-bond acceptors (Lipinski definition) is 3. The molecular weight excluding hydrogens is 240 g/mol. The zero-order valence-electron chi connectivity index (χ0n) is 10.3. The summed E-state index contributed by atoms with van der Waals surface area (Å²) in [5, 5.41) is 13.0. The quantitative estimate of drug-likeness (QED) is 0.648. The van der Waals surface area contributed by atoms with Gasteiger partial charge in [-0.1, -0.05) is 30.3 Å². The topological polar surface area (TPSA) is 61.7 Å². The van der Waals surface area contributed by atoms with E-state index >= 15 is 0 Å². The van der Waals surface area contributed by atoms with Crippen molar-refractivity contribution in [2.75, 3.05) is 0 Å². The summed E-state index contributed by atoms with van der Waals surface area (Å²) in [6, 6.07) is 16.0. The van der Waals surface area contributed by atoms with Crippen LogP contribution >= 0.6 is 0 Å². The van der Waals surface area contributed by atoms with Gasteiger partial charge in [-0.05, 0) is 35.4 Å². The van der Waals surface area contributed by atoms with E-state index in [9.17, 15) is 4.79 Å². The van der Waals surface area contributed by atoms with Gasteiger partial charge >= 0.3 is 0 Å². The van der Waals surface area contributed by atoms with Crippen LogP contribution in [0.1, 0.15) is 11.1 Å². The van der Waals surface area contributed by atoms with E-state index in [-0.39, 0.29) is 11.7 Å². The second kappa shape index (κ2) is 6.35. The number of phenols is 1. The normalized spacial score (nSPS) is 10.5. The number of hydrogen-bond donors (Lipinski definition) is 2. The Kier molecular flexibility index (Phi) is 4.29. The van der Waals surface area contributed by atoms with Gasteiger partial charge in [-0.3, -0.25) is 4.79 Å². The maximum atomic E-state index is 11.6. The number of carbonyl (C=O) groups excluding carboxylic acids is 1. The molecule has 0 atom stereocenters. The summed E-state index contributed by atoms with van der Waals surface area (Å²) in [4.78, 5) is 11.6. The smallest absolute Gasteiger partial charge is 0.244 e. The van der Waals surface area contributed by atoms with Crippen LogP contribution in [0.5, 0.6) is 5.75 Å². The first-order chi connectivity index (χ1) is 9.24. The first-order valence-corrected chi connectivity index (χ1v) is 5.89. The molecule has 2 aromatic carbocycles. The maximum absolute atomic E-state index is 11.6. The van der Waals surface area contributed by atoms with Crippen LogP contribution in [0.2, 0.25) is 0 Å². The highest BCUT2D eigenvalue weighted by molar-refractivity contribution is 5.83. The molecule has 0 saturated carbocycles. The minimum atomic E-state index is -0.166. The molecule has 0 bridgehead atoms. The van der Waals surface area contributed by atoms with Gasteiger partial charge in [-0.15, -0.1) is 0 Å². The van der Waals surface area contributed by atoms with Crippen molar-refractivity contribution in [2.45, 2.75) is 6.42 Å². The number of nitrogens with zero attached hydrogens (tertiary/aromatic N) is 1. The first-order valence-electron chi connectivity index (χ1n) is 5.89. The zero-order chi connectivity index (χ0) is 13.5. The Hall–Kier alpha value is -2.62. The standard InChI is InChI=1S/C15H14N2O2/c18-14-8-6-13(7-9-14)11-16-17-15(19)10-12-4-2-1-3-5-12/h1-9,11,18H,10H2,(H,17,19)/b16-11-. The molecule has 96 valence electrons. The first kappa shape index (κ1) is 12.8. The number of carbonyl (C=O) groups is 1. The zero-order valence-corrected chi connectivity index (χ0v) is 10.3. The van der Waals surface area contributed by atoms with Crippen LogP contribution in [-0.2, 0) is 11.2 Å². The van der Waals surface area contributed by atoms with Crippen LogP contribution in [0.3, 0.4) is 0 Å². The highest BCUT2D eigenvalue weighted by Crippen LogP contribution is 2.07. The molecule has 0 aliphatic heterocycles. The number of aromatic hydroxyl groups is 1. The van der Waals surface area contributed by atoms with E-state index in [1.165, 1.54) is 6.21 Å². The predicted octanol–water partition coefficient (Wildman–Crippen LogP) is 2.08. The monoisotopic (exact) mass is 254 g/mol. The van der Waals surface area contributed by atoms with Gasteiger partial charge < -0.3 is 5.11 Å². The SMILES string of the molecule is O=C(Cc1ccccc1)N/N=C\c1ccc(O)cc1. The van der Waals surface area contributed by atoms with E-state index in [0.29, 0.717) is 6.42 Å². The van der Waals surface area contributed by atoms with Gasteiger partial charge in [0.15, 0.2) is 0 Å². The highest BCUT2D eigenvalue weighted by Gasteiger charge is 2.00. The molecule has 2 rings (SSSR count). The molecule has 0 heterocycles. The van der Waals surface area contributed by atoms with Crippen LogP contribution in [0.4, 0.5) is 0 Å². The van der Waals surface area contributed by atoms with E-state index in [0.717, 1.165) is 11.1 Å². The fraction of sp³-hybridized carbons (Fsp3) is 0.0667. The van der Waals surface area contributed by atoms with Crippen LogP contribution < -0.4 is 5.43 Å². The molecule has 4 heteroatoms. The minimum Gasteiger partial charge on any atom is -0.508 e. The average Bonchev–Trinajstić information content (AvgIpc) is 2.42. The Morgan fingerprint density at radius 1 is 1.11 bits per heavy atom. The molecule has 2 aromatic rings. The van der Waals surface area contributed by atoms with Gasteiger partial charge in [-0.2, -0.15) is 5.10 Å². The van der Waals surface area contributed by atoms with E-state index < -0.39 is 0 Å². The minimum absolute atomic E-state index is 0.166. The Morgan fingerprint density at radius 2 is 1.79 bits per heavy atom. The van der Waals surface area contributed by atoms with Crippen molar-refractivity contribution in [3.05, 3.63) is 65.7 Å². The summed E-state index contributed by atoms with van der Waals surface area (Å²) in [6.07, 6.45) is 1.83. The van der Waals surface area contributed by atoms with E-state index in [2.05, 4.69) is 10.5 Å². The van der Waals surface area contributed by atoms with E-state index in [4.69, 9.17) is 5.11 Å². The predicted molar refractivity (Wildman–Crippen MR) is 74.0 cm³/mol. The second-order valence-corrected chi connectivity index (χ2v) is 4.05. The largest absolute Gasteiger partial charge is 0.508 e. The number of hydrazone groups is 1. The van der Waals surface area contributed by atoms with Gasteiger partial charge in [0.25, 0.3) is 0 Å². The number of phenolic OH excluding ortho intramolecular Hbond substituents is 1. The number of rotatable bonds is 4. The lowest BCUT2D eigenvalue weighted by molar-refractivity contribution is -0.120. The van der Waals surface area contributed by atoms with Crippen molar-refractivity contribution in [1.82, 2.24) is 5.43 Å². The molecule has 0 saturated heterocycles. The third-order valence-electron chi connectivity index (χ3n) is 2.50. The molecule has 0 radical (unpaired) electrons. The van der Waals surface area contributed by atoms with Crippen LogP contribution in [0.25, 0.3) is 0 Å². The van der Waals surface area contributed by atoms with Crippen molar-refractivity contribution in [3.8, 4) is 5.75 Å². The highest BCUT2D eigenvalue weighted by atomic mass is 16.3. The molecule has 0 fully saturated rings. The lowest BCUT2D eigenvalue weighted by atomic mass is 10.1. The van der Waals surface area contributed by atoms with Crippen LogP contribution in [0.15, 0.2) is 59.7 Å². The van der Waals surface area contributed by atoms with E-state index in [1.807, 2.05) is 30.3 Å². The fourth-order valence-electron chi connectivity index (χ4n) is 1.56. The Morgan fingerprint density at radius 3 is 2.47 bits per heavy atom. The van der Waals surface area contributed by atoms with Crippen molar-refractivity contribution < 1.29 is 9.90 Å². The van der Waals surface area contributed by atoms with Gasteiger partial charge in [0.05, 0.1) is 12.6 Å². The molecule has 1 amide bonds. The summed E-state index contributed by atoms with van der Waals surface area (Å²) in [5.41, 5.74) is 4.21. The van der Waals surface area contributed by atoms with Crippen LogP contribution in [-0.4, -0.2) is 17.2 Å². The van der Waals surface area contributed by atoms with Crippen molar-refractivity contribution in [2.24, 2.45) is 5.10 Å². The molecule has 2 N–H and O–H groups in total. The Bertz CT molecular complexity index is 562. The number of benzene rings is 2. The molecule has 0 spiro atoms.